The topological polar surface area (TPSA) is 81.2 Å². The summed E-state index contributed by atoms with van der Waals surface area (Å²) in [6.45, 7) is 14.9. The first kappa shape index (κ1) is 26.8. The van der Waals surface area contributed by atoms with Gasteiger partial charge in [-0.25, -0.2) is 0 Å². The number of rotatable bonds is 12. The molecule has 1 N–H and O–H groups in total. The Hall–Kier alpha value is -1.80. The quantitative estimate of drug-likeness (QED) is 0.425. The van der Waals surface area contributed by atoms with Gasteiger partial charge in [0.15, 0.2) is 0 Å². The Labute approximate surface area is 208 Å². The molecule has 1 spiro atoms. The summed E-state index contributed by atoms with van der Waals surface area (Å²) in [5, 5.41) is 9.51. The van der Waals surface area contributed by atoms with Gasteiger partial charge in [0.25, 0.3) is 0 Å². The fourth-order valence-electron chi connectivity index (χ4n) is 6.44. The third-order valence-electron chi connectivity index (χ3n) is 7.96. The van der Waals surface area contributed by atoms with Gasteiger partial charge in [0, 0.05) is 44.1 Å². The van der Waals surface area contributed by atoms with Gasteiger partial charge in [-0.15, -0.1) is 24.9 Å². The maximum Gasteiger partial charge on any atom is 0.247 e. The molecule has 3 unspecified atom stereocenters. The summed E-state index contributed by atoms with van der Waals surface area (Å²) in [5.41, 5.74) is 0. The first-order valence-electron chi connectivity index (χ1n) is 12.5. The molecule has 7 nitrogen and oxygen atoms in total. The molecule has 3 saturated heterocycles. The molecule has 3 rings (SSSR count). The van der Waals surface area contributed by atoms with Crippen LogP contribution in [0.4, 0.5) is 0 Å². The number of aliphatic hydroxyl groups is 1. The van der Waals surface area contributed by atoms with E-state index in [-0.39, 0.29) is 35.1 Å². The molecule has 3 aliphatic rings. The predicted molar refractivity (Wildman–Crippen MR) is 136 cm³/mol. The molecule has 3 aliphatic heterocycles. The van der Waals surface area contributed by atoms with E-state index in [4.69, 9.17) is 0 Å². The van der Waals surface area contributed by atoms with Gasteiger partial charge < -0.3 is 19.8 Å². The van der Waals surface area contributed by atoms with Crippen LogP contribution >= 0.6 is 11.8 Å². The number of amides is 3. The number of nitrogens with zero attached hydrogens (tertiary/aromatic N) is 3. The van der Waals surface area contributed by atoms with Crippen LogP contribution in [0.2, 0.25) is 0 Å². The molecule has 0 saturated carbocycles. The van der Waals surface area contributed by atoms with Crippen molar-refractivity contribution in [3.05, 3.63) is 25.3 Å². The van der Waals surface area contributed by atoms with Gasteiger partial charge in [-0.05, 0) is 39.5 Å². The smallest absolute Gasteiger partial charge is 0.247 e. The highest BCUT2D eigenvalue weighted by Crippen LogP contribution is 2.71. The van der Waals surface area contributed by atoms with Gasteiger partial charge in [-0.2, -0.15) is 0 Å². The van der Waals surface area contributed by atoms with Crippen molar-refractivity contribution in [1.29, 1.82) is 0 Å². The Balaban J connectivity index is 2.06. The Morgan fingerprint density at radius 2 is 1.94 bits per heavy atom. The lowest BCUT2D eigenvalue weighted by Gasteiger charge is -2.39. The normalized spacial score (nSPS) is 32.4. The third kappa shape index (κ3) is 4.21. The second kappa shape index (κ2) is 10.4. The number of carbonyl (C=O) groups is 3. The van der Waals surface area contributed by atoms with Crippen molar-refractivity contribution in [3.8, 4) is 0 Å². The standard InChI is InChI=1S/C26H41N3O4S/c1-7-11-18(4)28(15-9-3)24(33)21-26-13-12-25(5,34-26)19(22(31)27(6)14-8-2)20(26)23(32)29(21)16-10-17-30/h8-9,18-21,30H,2-3,7,10-17H2,1,4-6H3/t18?,19-,20-,21?,25+,26?/m0/s1. The molecule has 8 heteroatoms. The van der Waals surface area contributed by atoms with Crippen LogP contribution in [0.1, 0.15) is 52.9 Å². The van der Waals surface area contributed by atoms with Crippen LogP contribution in [-0.4, -0.2) is 92.4 Å². The highest BCUT2D eigenvalue weighted by molar-refractivity contribution is 8.02. The van der Waals surface area contributed by atoms with Gasteiger partial charge in [-0.3, -0.25) is 14.4 Å². The van der Waals surface area contributed by atoms with Crippen LogP contribution in [-0.2, 0) is 14.4 Å². The minimum Gasteiger partial charge on any atom is -0.396 e. The zero-order valence-corrected chi connectivity index (χ0v) is 22.0. The van der Waals surface area contributed by atoms with E-state index in [2.05, 4.69) is 27.0 Å². The average Bonchev–Trinajstić information content (AvgIpc) is 3.36. The summed E-state index contributed by atoms with van der Waals surface area (Å²) in [7, 11) is 1.75. The molecule has 0 aromatic carbocycles. The van der Waals surface area contributed by atoms with Crippen molar-refractivity contribution in [1.82, 2.24) is 14.7 Å². The summed E-state index contributed by atoms with van der Waals surface area (Å²) < 4.78 is -1.01. The molecule has 3 fully saturated rings. The molecule has 0 aromatic rings. The Bertz CT molecular complexity index is 835. The molecular formula is C26H41N3O4S. The molecule has 0 aliphatic carbocycles. The zero-order valence-electron chi connectivity index (χ0n) is 21.2. The molecule has 3 heterocycles. The van der Waals surface area contributed by atoms with Crippen LogP contribution in [0.3, 0.4) is 0 Å². The Morgan fingerprint density at radius 3 is 2.53 bits per heavy atom. The molecular weight excluding hydrogens is 450 g/mol. The van der Waals surface area contributed by atoms with Gasteiger partial charge in [0.2, 0.25) is 17.7 Å². The van der Waals surface area contributed by atoms with E-state index in [0.29, 0.717) is 26.1 Å². The fraction of sp³-hybridized carbons (Fsp3) is 0.731. The van der Waals surface area contributed by atoms with Crippen molar-refractivity contribution in [2.24, 2.45) is 11.8 Å². The van der Waals surface area contributed by atoms with Gasteiger partial charge in [-0.1, -0.05) is 25.5 Å². The summed E-state index contributed by atoms with van der Waals surface area (Å²) in [6.07, 6.45) is 7.18. The van der Waals surface area contributed by atoms with Gasteiger partial charge >= 0.3 is 0 Å². The second-order valence-corrected chi connectivity index (χ2v) is 12.2. The third-order valence-corrected chi connectivity index (χ3v) is 9.95. The van der Waals surface area contributed by atoms with Crippen LogP contribution in [0.15, 0.2) is 25.3 Å². The monoisotopic (exact) mass is 491 g/mol. The number of aliphatic hydroxyl groups excluding tert-OH is 1. The first-order chi connectivity index (χ1) is 16.1. The minimum absolute atomic E-state index is 0.0242. The van der Waals surface area contributed by atoms with Crippen LogP contribution < -0.4 is 0 Å². The Morgan fingerprint density at radius 1 is 1.26 bits per heavy atom. The Kier molecular flexibility index (Phi) is 8.23. The summed E-state index contributed by atoms with van der Waals surface area (Å²) in [4.78, 5) is 46.9. The number of fused-ring (bicyclic) bond motifs is 1. The van der Waals surface area contributed by atoms with Gasteiger partial charge in [0.05, 0.1) is 16.6 Å². The zero-order chi connectivity index (χ0) is 25.3. The molecule has 34 heavy (non-hydrogen) atoms. The molecule has 0 radical (unpaired) electrons. The maximum absolute atomic E-state index is 14.2. The first-order valence-corrected chi connectivity index (χ1v) is 13.3. The average molecular weight is 492 g/mol. The van der Waals surface area contributed by atoms with Crippen molar-refractivity contribution in [3.63, 3.8) is 0 Å². The maximum atomic E-state index is 14.2. The van der Waals surface area contributed by atoms with Crippen molar-refractivity contribution in [2.45, 2.75) is 74.5 Å². The highest BCUT2D eigenvalue weighted by atomic mass is 32.2. The summed E-state index contributed by atoms with van der Waals surface area (Å²) in [6, 6.07) is -0.610. The number of carbonyl (C=O) groups excluding carboxylic acids is 3. The van der Waals surface area contributed by atoms with E-state index in [1.807, 2.05) is 11.8 Å². The molecule has 190 valence electrons. The van der Waals surface area contributed by atoms with Gasteiger partial charge in [0.1, 0.15) is 6.04 Å². The van der Waals surface area contributed by atoms with E-state index < -0.39 is 22.6 Å². The highest BCUT2D eigenvalue weighted by Gasteiger charge is 2.77. The van der Waals surface area contributed by atoms with E-state index in [1.54, 1.807) is 40.8 Å². The summed E-state index contributed by atoms with van der Waals surface area (Å²) in [5.74, 6) is -1.23. The molecule has 2 bridgehead atoms. The minimum atomic E-state index is -0.634. The fourth-order valence-corrected chi connectivity index (χ4v) is 8.78. The SMILES string of the molecule is C=CCN(C)C(=O)[C@@H]1[C@H]2C(=O)N(CCCO)C(C(=O)N(CC=C)C(C)CCC)C23CC[C@@]1(C)S3. The van der Waals surface area contributed by atoms with E-state index in [0.717, 1.165) is 25.7 Å². The van der Waals surface area contributed by atoms with E-state index in [9.17, 15) is 19.5 Å². The van der Waals surface area contributed by atoms with E-state index >= 15 is 0 Å². The lowest BCUT2D eigenvalue weighted by Crippen LogP contribution is -2.56. The number of thioether (sulfide) groups is 1. The lowest BCUT2D eigenvalue weighted by atomic mass is 9.66. The van der Waals surface area contributed by atoms with Crippen LogP contribution in [0.25, 0.3) is 0 Å². The van der Waals surface area contributed by atoms with Crippen molar-refractivity contribution >= 4 is 29.5 Å². The number of hydrogen-bond acceptors (Lipinski definition) is 5. The molecule has 0 aromatic heterocycles. The number of likely N-dealkylation sites (tertiary alicyclic amines) is 1. The van der Waals surface area contributed by atoms with E-state index in [1.165, 1.54) is 0 Å². The molecule has 6 atom stereocenters. The number of likely N-dealkylation sites (N-methyl/N-ethyl adjacent to an activating group) is 1. The van der Waals surface area contributed by atoms with Crippen LogP contribution in [0, 0.1) is 11.8 Å². The largest absolute Gasteiger partial charge is 0.396 e. The number of hydrogen-bond donors (Lipinski definition) is 1. The van der Waals surface area contributed by atoms with Crippen molar-refractivity contribution in [2.75, 3.05) is 33.3 Å². The molecule has 3 amide bonds. The second-order valence-electron chi connectivity index (χ2n) is 10.3. The summed E-state index contributed by atoms with van der Waals surface area (Å²) >= 11 is 1.69. The predicted octanol–water partition coefficient (Wildman–Crippen LogP) is 2.70. The van der Waals surface area contributed by atoms with Crippen molar-refractivity contribution < 1.29 is 19.5 Å². The lowest BCUT2D eigenvalue weighted by molar-refractivity contribution is -0.145. The van der Waals surface area contributed by atoms with Crippen LogP contribution in [0.5, 0.6) is 0 Å².